The Morgan fingerprint density at radius 3 is 2.69 bits per heavy atom. The number of pyridine rings is 1. The van der Waals surface area contributed by atoms with Crippen molar-refractivity contribution >= 4 is 28.5 Å². The summed E-state index contributed by atoms with van der Waals surface area (Å²) in [6.45, 7) is 3.45. The number of rotatable bonds is 1. The van der Waals surface area contributed by atoms with Crippen LogP contribution in [-0.4, -0.2) is 16.1 Å². The molecule has 0 fully saturated rings. The van der Waals surface area contributed by atoms with Gasteiger partial charge < -0.3 is 5.11 Å². The summed E-state index contributed by atoms with van der Waals surface area (Å²) in [6.07, 6.45) is 0. The highest BCUT2D eigenvalue weighted by Crippen LogP contribution is 2.28. The molecule has 1 aromatic carbocycles. The number of hydrogen-bond donors (Lipinski definition) is 1. The predicted octanol–water partition coefficient (Wildman–Crippen LogP) is 3.20. The smallest absolute Gasteiger partial charge is 0.337 e. The van der Waals surface area contributed by atoms with Crippen LogP contribution in [-0.2, 0) is 0 Å². The van der Waals surface area contributed by atoms with Crippen molar-refractivity contribution in [2.24, 2.45) is 0 Å². The highest BCUT2D eigenvalue weighted by atomic mass is 35.5. The van der Waals surface area contributed by atoms with Crippen molar-refractivity contribution in [1.82, 2.24) is 4.98 Å². The first kappa shape index (κ1) is 10.9. The number of nitrogens with zero attached hydrogens (tertiary/aromatic N) is 1. The number of carboxylic acid groups (broad SMARTS) is 1. The molecular weight excluding hydrogens is 226 g/mol. The van der Waals surface area contributed by atoms with Crippen LogP contribution in [0, 0.1) is 13.8 Å². The predicted molar refractivity (Wildman–Crippen MR) is 63.2 cm³/mol. The summed E-state index contributed by atoms with van der Waals surface area (Å²) >= 11 is 6.06. The van der Waals surface area contributed by atoms with Crippen molar-refractivity contribution < 1.29 is 9.90 Å². The van der Waals surface area contributed by atoms with Gasteiger partial charge in [-0.15, -0.1) is 0 Å². The first-order valence-corrected chi connectivity index (χ1v) is 5.19. The summed E-state index contributed by atoms with van der Waals surface area (Å²) in [5.74, 6) is -0.968. The van der Waals surface area contributed by atoms with Crippen LogP contribution in [0.3, 0.4) is 0 Å². The van der Waals surface area contributed by atoms with Gasteiger partial charge in [-0.05, 0) is 31.5 Å². The largest absolute Gasteiger partial charge is 0.478 e. The number of carbonyl (C=O) groups is 1. The van der Waals surface area contributed by atoms with Crippen LogP contribution >= 0.6 is 11.6 Å². The van der Waals surface area contributed by atoms with Gasteiger partial charge in [0.05, 0.1) is 21.8 Å². The zero-order valence-electron chi connectivity index (χ0n) is 8.91. The Labute approximate surface area is 97.7 Å². The number of halogens is 1. The number of aromatic carboxylic acids is 1. The van der Waals surface area contributed by atoms with Crippen LogP contribution < -0.4 is 0 Å². The van der Waals surface area contributed by atoms with Gasteiger partial charge in [-0.2, -0.15) is 0 Å². The molecule has 4 heteroatoms. The molecule has 0 aliphatic heterocycles. The summed E-state index contributed by atoms with van der Waals surface area (Å²) in [5, 5.41) is 10.4. The normalized spacial score (nSPS) is 10.7. The van der Waals surface area contributed by atoms with Gasteiger partial charge in [0, 0.05) is 5.39 Å². The van der Waals surface area contributed by atoms with E-state index in [-0.39, 0.29) is 5.56 Å². The van der Waals surface area contributed by atoms with Gasteiger partial charge in [0.1, 0.15) is 0 Å². The van der Waals surface area contributed by atoms with E-state index in [1.165, 1.54) is 0 Å². The van der Waals surface area contributed by atoms with Crippen LogP contribution in [0.5, 0.6) is 0 Å². The molecule has 0 radical (unpaired) electrons. The van der Waals surface area contributed by atoms with Crippen molar-refractivity contribution in [3.05, 3.63) is 40.0 Å². The maximum Gasteiger partial charge on any atom is 0.337 e. The van der Waals surface area contributed by atoms with Gasteiger partial charge >= 0.3 is 5.97 Å². The molecule has 82 valence electrons. The van der Waals surface area contributed by atoms with Crippen molar-refractivity contribution in [2.45, 2.75) is 13.8 Å². The first-order valence-electron chi connectivity index (χ1n) is 4.81. The first-order chi connectivity index (χ1) is 7.52. The summed E-state index contributed by atoms with van der Waals surface area (Å²) < 4.78 is 0. The zero-order chi connectivity index (χ0) is 11.9. The number of aryl methyl sites for hydroxylation is 2. The highest BCUT2D eigenvalue weighted by molar-refractivity contribution is 6.35. The van der Waals surface area contributed by atoms with E-state index in [0.717, 1.165) is 5.52 Å². The van der Waals surface area contributed by atoms with E-state index in [9.17, 15) is 4.79 Å². The van der Waals surface area contributed by atoms with Crippen molar-refractivity contribution in [1.29, 1.82) is 0 Å². The maximum atomic E-state index is 11.1. The molecule has 0 aliphatic rings. The minimum atomic E-state index is -0.968. The molecule has 0 saturated carbocycles. The Morgan fingerprint density at radius 2 is 2.06 bits per heavy atom. The van der Waals surface area contributed by atoms with Crippen LogP contribution in [0.15, 0.2) is 18.2 Å². The summed E-state index contributed by atoms with van der Waals surface area (Å²) in [5.41, 5.74) is 2.15. The molecule has 2 aromatic rings. The lowest BCUT2D eigenvalue weighted by atomic mass is 10.0. The van der Waals surface area contributed by atoms with Gasteiger partial charge in [0.15, 0.2) is 0 Å². The molecule has 0 spiro atoms. The lowest BCUT2D eigenvalue weighted by Crippen LogP contribution is -2.05. The van der Waals surface area contributed by atoms with Crippen molar-refractivity contribution in [3.8, 4) is 0 Å². The second-order valence-corrected chi connectivity index (χ2v) is 4.04. The van der Waals surface area contributed by atoms with E-state index in [2.05, 4.69) is 4.98 Å². The molecule has 3 nitrogen and oxygen atoms in total. The quantitative estimate of drug-likeness (QED) is 0.826. The Bertz CT molecular complexity index is 593. The van der Waals surface area contributed by atoms with Crippen LogP contribution in [0.1, 0.15) is 21.6 Å². The van der Waals surface area contributed by atoms with E-state index < -0.39 is 5.97 Å². The van der Waals surface area contributed by atoms with E-state index in [4.69, 9.17) is 16.7 Å². The molecular formula is C12H10ClNO2. The molecule has 16 heavy (non-hydrogen) atoms. The third kappa shape index (κ3) is 1.53. The molecule has 0 saturated heterocycles. The Morgan fingerprint density at radius 1 is 1.38 bits per heavy atom. The summed E-state index contributed by atoms with van der Waals surface area (Å²) in [7, 11) is 0. The average Bonchev–Trinajstić information content (AvgIpc) is 2.15. The average molecular weight is 236 g/mol. The molecule has 2 rings (SSSR count). The fourth-order valence-electron chi connectivity index (χ4n) is 1.93. The monoisotopic (exact) mass is 235 g/mol. The molecule has 0 amide bonds. The minimum absolute atomic E-state index is 0.237. The lowest BCUT2D eigenvalue weighted by Gasteiger charge is -2.09. The van der Waals surface area contributed by atoms with Gasteiger partial charge in [-0.3, -0.25) is 4.98 Å². The van der Waals surface area contributed by atoms with Gasteiger partial charge in [0.2, 0.25) is 0 Å². The molecule has 1 heterocycles. The van der Waals surface area contributed by atoms with E-state index in [0.29, 0.717) is 21.7 Å². The highest BCUT2D eigenvalue weighted by Gasteiger charge is 2.16. The molecule has 0 atom stereocenters. The standard InChI is InChI=1S/C12H10ClNO2/c1-6-10(12(15)16)7(2)14-9-5-3-4-8(13)11(6)9/h3-5H,1-2H3,(H,15,16). The van der Waals surface area contributed by atoms with Crippen molar-refractivity contribution in [3.63, 3.8) is 0 Å². The Kier molecular flexibility index (Phi) is 2.56. The third-order valence-electron chi connectivity index (χ3n) is 2.61. The zero-order valence-corrected chi connectivity index (χ0v) is 9.67. The van der Waals surface area contributed by atoms with E-state index >= 15 is 0 Å². The second-order valence-electron chi connectivity index (χ2n) is 3.64. The summed E-state index contributed by atoms with van der Waals surface area (Å²) in [6, 6.07) is 5.36. The van der Waals surface area contributed by atoms with Crippen molar-refractivity contribution in [2.75, 3.05) is 0 Å². The molecule has 0 aliphatic carbocycles. The van der Waals surface area contributed by atoms with Crippen LogP contribution in [0.25, 0.3) is 10.9 Å². The van der Waals surface area contributed by atoms with Crippen LogP contribution in [0.2, 0.25) is 5.02 Å². The Hall–Kier alpha value is -1.61. The molecule has 0 bridgehead atoms. The fourth-order valence-corrected chi connectivity index (χ4v) is 2.24. The third-order valence-corrected chi connectivity index (χ3v) is 2.92. The fraction of sp³-hybridized carbons (Fsp3) is 0.167. The number of carboxylic acids is 1. The minimum Gasteiger partial charge on any atom is -0.478 e. The van der Waals surface area contributed by atoms with E-state index in [1.807, 2.05) is 6.07 Å². The van der Waals surface area contributed by atoms with Gasteiger partial charge in [0.25, 0.3) is 0 Å². The number of aromatic nitrogens is 1. The molecule has 0 unspecified atom stereocenters. The maximum absolute atomic E-state index is 11.1. The number of hydrogen-bond acceptors (Lipinski definition) is 2. The lowest BCUT2D eigenvalue weighted by molar-refractivity contribution is 0.0695. The Balaban J connectivity index is 2.96. The van der Waals surface area contributed by atoms with E-state index in [1.54, 1.807) is 26.0 Å². The molecule has 1 aromatic heterocycles. The number of fused-ring (bicyclic) bond motifs is 1. The van der Waals surface area contributed by atoms with Gasteiger partial charge in [-0.25, -0.2) is 4.79 Å². The topological polar surface area (TPSA) is 50.2 Å². The second kappa shape index (κ2) is 3.76. The molecule has 1 N–H and O–H groups in total. The van der Waals surface area contributed by atoms with Crippen LogP contribution in [0.4, 0.5) is 0 Å². The van der Waals surface area contributed by atoms with Gasteiger partial charge in [-0.1, -0.05) is 17.7 Å². The number of benzene rings is 1. The SMILES string of the molecule is Cc1nc2cccc(Cl)c2c(C)c1C(=O)O. The summed E-state index contributed by atoms with van der Waals surface area (Å²) in [4.78, 5) is 15.4.